The lowest BCUT2D eigenvalue weighted by Gasteiger charge is -2.34. The summed E-state index contributed by atoms with van der Waals surface area (Å²) in [6, 6.07) is 19.5. The Morgan fingerprint density at radius 2 is 1.54 bits per heavy atom. The first-order valence-corrected chi connectivity index (χ1v) is 12.8. The number of nitrogens with one attached hydrogen (secondary N) is 2. The van der Waals surface area contributed by atoms with Crippen LogP contribution in [0.15, 0.2) is 54.6 Å². The molecule has 0 radical (unpaired) electrons. The van der Waals surface area contributed by atoms with Crippen LogP contribution in [-0.2, 0) is 16.0 Å². The molecule has 5 rings (SSSR count). The van der Waals surface area contributed by atoms with E-state index in [4.69, 9.17) is 14.6 Å². The van der Waals surface area contributed by atoms with Crippen molar-refractivity contribution in [3.63, 3.8) is 0 Å². The average molecular weight is 479 g/mol. The monoisotopic (exact) mass is 478 g/mol. The number of carboxylic acid groups (broad SMARTS) is 1. The van der Waals surface area contributed by atoms with Gasteiger partial charge in [-0.25, -0.2) is 0 Å². The number of para-hydroxylation sites is 1. The molecule has 0 amide bonds. The Labute approximate surface area is 208 Å². The summed E-state index contributed by atoms with van der Waals surface area (Å²) in [6.45, 7) is 13.5. The van der Waals surface area contributed by atoms with Crippen LogP contribution in [0.3, 0.4) is 0 Å². The van der Waals surface area contributed by atoms with Crippen LogP contribution in [0.4, 0.5) is 0 Å². The predicted molar refractivity (Wildman–Crippen MR) is 137 cm³/mol. The third-order valence-electron chi connectivity index (χ3n) is 7.00. The number of benzene rings is 2. The van der Waals surface area contributed by atoms with Crippen LogP contribution in [-0.4, -0.2) is 92.9 Å². The number of piperazine rings is 1. The van der Waals surface area contributed by atoms with E-state index in [0.29, 0.717) is 0 Å². The molecule has 0 spiro atoms. The molecule has 3 heterocycles. The number of aliphatic carboxylic acids is 1. The van der Waals surface area contributed by atoms with E-state index in [1.165, 1.54) is 73.5 Å². The number of rotatable bonds is 7. The van der Waals surface area contributed by atoms with E-state index in [9.17, 15) is 0 Å². The maximum Gasteiger partial charge on any atom is 0.0900 e. The van der Waals surface area contributed by atoms with E-state index >= 15 is 0 Å². The molecule has 3 aromatic rings. The van der Waals surface area contributed by atoms with Crippen molar-refractivity contribution >= 4 is 16.9 Å². The van der Waals surface area contributed by atoms with Crippen molar-refractivity contribution in [2.75, 3.05) is 72.1 Å². The Morgan fingerprint density at radius 1 is 0.943 bits per heavy atom. The van der Waals surface area contributed by atoms with Crippen molar-refractivity contribution in [3.8, 4) is 11.3 Å². The molecule has 35 heavy (non-hydrogen) atoms. The summed E-state index contributed by atoms with van der Waals surface area (Å²) >= 11 is 0. The highest BCUT2D eigenvalue weighted by molar-refractivity contribution is 5.90. The van der Waals surface area contributed by atoms with Gasteiger partial charge in [0.05, 0.1) is 32.8 Å². The Morgan fingerprint density at radius 3 is 2.23 bits per heavy atom. The Bertz CT molecular complexity index is 1050. The molecule has 0 unspecified atom stereocenters. The molecule has 7 heteroatoms. The number of hydrogen-bond donors (Lipinski definition) is 2. The van der Waals surface area contributed by atoms with E-state index in [1.807, 2.05) is 0 Å². The number of carbonyl (C=O) groups excluding carboxylic acids is 1. The van der Waals surface area contributed by atoms with Crippen LogP contribution in [0.25, 0.3) is 22.2 Å². The van der Waals surface area contributed by atoms with Crippen LogP contribution < -0.4 is 10.0 Å². The molecular weight excluding hydrogens is 440 g/mol. The second-order valence-corrected chi connectivity index (χ2v) is 9.43. The largest absolute Gasteiger partial charge is 0.550 e. The standard InChI is InChI=1S/C26H34N4O.C2H4O2/c1-2-6-22(7-3-1)26-24(23-8-4-5-9-25(23)27-26)10-11-28-12-14-29(15-13-28)16-17-30-18-20-31-21-19-30;1-2(3)4/h1-9,27H,10-21H2;1H3,(H,3,4). The van der Waals surface area contributed by atoms with E-state index < -0.39 is 5.97 Å². The van der Waals surface area contributed by atoms with Gasteiger partial charge in [-0.3, -0.25) is 9.80 Å². The first kappa shape index (κ1) is 25.4. The second-order valence-electron chi connectivity index (χ2n) is 9.43. The molecular formula is C28H38N4O3. The first-order valence-electron chi connectivity index (χ1n) is 12.8. The smallest absolute Gasteiger partial charge is 0.0900 e. The number of aromatic amines is 1. The van der Waals surface area contributed by atoms with Crippen molar-refractivity contribution in [1.29, 1.82) is 0 Å². The number of aromatic nitrogens is 1. The Kier molecular flexibility index (Phi) is 9.31. The fraction of sp³-hybridized carbons (Fsp3) is 0.464. The summed E-state index contributed by atoms with van der Waals surface area (Å²) in [4.78, 5) is 19.5. The van der Waals surface area contributed by atoms with Crippen LogP contribution in [0.5, 0.6) is 0 Å². The molecule has 1 aromatic heterocycles. The van der Waals surface area contributed by atoms with E-state index in [0.717, 1.165) is 39.6 Å². The van der Waals surface area contributed by atoms with Gasteiger partial charge in [0.25, 0.3) is 0 Å². The summed E-state index contributed by atoms with van der Waals surface area (Å²) in [5.41, 5.74) is 5.31. The average Bonchev–Trinajstić information content (AvgIpc) is 3.26. The number of carboxylic acids is 1. The lowest BCUT2D eigenvalue weighted by Crippen LogP contribution is -3.15. The number of nitrogens with zero attached hydrogens (tertiary/aromatic N) is 2. The molecule has 2 aliphatic rings. The van der Waals surface area contributed by atoms with Gasteiger partial charge >= 0.3 is 0 Å². The topological polar surface area (TPSA) is 76.1 Å². The third-order valence-corrected chi connectivity index (χ3v) is 7.00. The number of quaternary nitrogens is 1. The molecule has 2 fully saturated rings. The highest BCUT2D eigenvalue weighted by Gasteiger charge is 2.22. The number of carbonyl (C=O) groups is 1. The highest BCUT2D eigenvalue weighted by atomic mass is 16.5. The van der Waals surface area contributed by atoms with Gasteiger partial charge in [0.2, 0.25) is 0 Å². The van der Waals surface area contributed by atoms with Gasteiger partial charge in [0, 0.05) is 68.3 Å². The zero-order valence-electron chi connectivity index (χ0n) is 20.8. The maximum absolute atomic E-state index is 8.89. The minimum Gasteiger partial charge on any atom is -0.550 e. The van der Waals surface area contributed by atoms with E-state index in [2.05, 4.69) is 69.4 Å². The quantitative estimate of drug-likeness (QED) is 0.522. The van der Waals surface area contributed by atoms with E-state index in [1.54, 1.807) is 4.90 Å². The lowest BCUT2D eigenvalue weighted by molar-refractivity contribution is -0.904. The van der Waals surface area contributed by atoms with Gasteiger partial charge in [-0.15, -0.1) is 0 Å². The summed E-state index contributed by atoms with van der Waals surface area (Å²) in [5, 5.41) is 10.3. The maximum atomic E-state index is 8.89. The zero-order valence-corrected chi connectivity index (χ0v) is 20.8. The van der Waals surface area contributed by atoms with Crippen molar-refractivity contribution < 1.29 is 19.5 Å². The Hall–Kier alpha value is -2.71. The van der Waals surface area contributed by atoms with Gasteiger partial charge in [-0.05, 0) is 24.1 Å². The van der Waals surface area contributed by atoms with Gasteiger partial charge < -0.3 is 24.5 Å². The molecule has 0 bridgehead atoms. The summed E-state index contributed by atoms with van der Waals surface area (Å²) < 4.78 is 5.47. The fourth-order valence-electron chi connectivity index (χ4n) is 5.06. The SMILES string of the molecule is CC(=O)[O-].c1ccc(-c2[nH]c3ccccc3c2CC[NH+]2CCN(CCN3CCOCC3)CC2)cc1. The molecule has 0 atom stereocenters. The van der Waals surface area contributed by atoms with Crippen molar-refractivity contribution in [3.05, 3.63) is 60.2 Å². The number of hydrogen-bond acceptors (Lipinski definition) is 5. The molecule has 2 saturated heterocycles. The number of H-pyrrole nitrogens is 1. The summed E-state index contributed by atoms with van der Waals surface area (Å²) in [6.07, 6.45) is 1.12. The van der Waals surface area contributed by atoms with Gasteiger partial charge in [0.1, 0.15) is 0 Å². The summed E-state index contributed by atoms with van der Waals surface area (Å²) in [5.74, 6) is -1.08. The lowest BCUT2D eigenvalue weighted by atomic mass is 10.0. The molecule has 188 valence electrons. The fourth-order valence-corrected chi connectivity index (χ4v) is 5.06. The van der Waals surface area contributed by atoms with Crippen molar-refractivity contribution in [2.45, 2.75) is 13.3 Å². The predicted octanol–water partition coefficient (Wildman–Crippen LogP) is 0.666. The van der Waals surface area contributed by atoms with Crippen molar-refractivity contribution in [1.82, 2.24) is 14.8 Å². The van der Waals surface area contributed by atoms with Crippen LogP contribution >= 0.6 is 0 Å². The number of morpholine rings is 1. The molecule has 7 nitrogen and oxygen atoms in total. The van der Waals surface area contributed by atoms with E-state index in [-0.39, 0.29) is 0 Å². The van der Waals surface area contributed by atoms with Gasteiger partial charge in [0.15, 0.2) is 0 Å². The third kappa shape index (κ3) is 7.39. The molecule has 2 N–H and O–H groups in total. The molecule has 0 saturated carbocycles. The minimum absolute atomic E-state index is 0.900. The zero-order chi connectivity index (χ0) is 24.5. The molecule has 0 aliphatic carbocycles. The van der Waals surface area contributed by atoms with Crippen molar-refractivity contribution in [2.24, 2.45) is 0 Å². The molecule has 2 aliphatic heterocycles. The van der Waals surface area contributed by atoms with Crippen LogP contribution in [0.2, 0.25) is 0 Å². The number of ether oxygens (including phenoxy) is 1. The highest BCUT2D eigenvalue weighted by Crippen LogP contribution is 2.30. The molecule has 2 aromatic carbocycles. The number of fused-ring (bicyclic) bond motifs is 1. The first-order chi connectivity index (χ1) is 17.1. The van der Waals surface area contributed by atoms with Gasteiger partial charge in [-0.1, -0.05) is 48.5 Å². The van der Waals surface area contributed by atoms with Crippen LogP contribution in [0.1, 0.15) is 12.5 Å². The minimum atomic E-state index is -1.08. The second kappa shape index (κ2) is 12.8. The Balaban J connectivity index is 0.000000672. The van der Waals surface area contributed by atoms with Crippen LogP contribution in [0, 0.1) is 0 Å². The summed E-state index contributed by atoms with van der Waals surface area (Å²) in [7, 11) is 0. The van der Waals surface area contributed by atoms with Gasteiger partial charge in [-0.2, -0.15) is 0 Å². The normalized spacial score (nSPS) is 17.7.